The molecule has 1 spiro atoms. The molecule has 3 aromatic carbocycles. The molecule has 7 heteroatoms. The molecule has 3 aliphatic rings. The number of ether oxygens (including phenoxy) is 2. The van der Waals surface area contributed by atoms with Crippen molar-refractivity contribution in [1.29, 1.82) is 0 Å². The molecule has 6 rings (SSSR count). The van der Waals surface area contributed by atoms with E-state index in [1.807, 2.05) is 36.4 Å². The largest absolute Gasteiger partial charge is 0.490 e. The molecule has 4 nitrogen and oxygen atoms in total. The minimum absolute atomic E-state index is 0.0823. The SMILES string of the molecule is CN(C(=O)OC1c2ccccc2-c2ccccc21)C1CC2(CC(Oc3cccc(C(F)(F)F)c3)C2)C1. The highest BCUT2D eigenvalue weighted by Crippen LogP contribution is 2.58. The number of nitrogens with zero attached hydrogens (tertiary/aromatic N) is 1. The Labute approximate surface area is 207 Å². The second-order valence-electron chi connectivity index (χ2n) is 10.3. The highest BCUT2D eigenvalue weighted by atomic mass is 19.4. The fraction of sp³-hybridized carbons (Fsp3) is 0.345. The number of hydrogen-bond acceptors (Lipinski definition) is 3. The van der Waals surface area contributed by atoms with Crippen LogP contribution in [0.3, 0.4) is 0 Å². The number of halogens is 3. The van der Waals surface area contributed by atoms with E-state index in [9.17, 15) is 18.0 Å². The molecule has 3 aliphatic carbocycles. The number of fused-ring (bicyclic) bond motifs is 3. The second-order valence-corrected chi connectivity index (χ2v) is 10.3. The predicted molar refractivity (Wildman–Crippen MR) is 129 cm³/mol. The monoisotopic (exact) mass is 493 g/mol. The minimum Gasteiger partial charge on any atom is -0.490 e. The summed E-state index contributed by atoms with van der Waals surface area (Å²) in [6.45, 7) is 0. The number of hydrogen-bond donors (Lipinski definition) is 0. The van der Waals surface area contributed by atoms with Crippen molar-refractivity contribution in [1.82, 2.24) is 4.90 Å². The van der Waals surface area contributed by atoms with Crippen LogP contribution in [0.2, 0.25) is 0 Å². The second kappa shape index (κ2) is 8.29. The summed E-state index contributed by atoms with van der Waals surface area (Å²) in [6.07, 6.45) is -1.99. The summed E-state index contributed by atoms with van der Waals surface area (Å²) in [6, 6.07) is 21.1. The van der Waals surface area contributed by atoms with Crippen LogP contribution in [-0.4, -0.2) is 30.2 Å². The van der Waals surface area contributed by atoms with Crippen molar-refractivity contribution in [3.05, 3.63) is 89.5 Å². The summed E-state index contributed by atoms with van der Waals surface area (Å²) in [5, 5.41) is 0. The van der Waals surface area contributed by atoms with Crippen molar-refractivity contribution in [2.45, 2.75) is 50.1 Å². The number of rotatable bonds is 4. The summed E-state index contributed by atoms with van der Waals surface area (Å²) < 4.78 is 50.7. The topological polar surface area (TPSA) is 38.8 Å². The summed E-state index contributed by atoms with van der Waals surface area (Å²) in [5.74, 6) is 0.248. The Balaban J connectivity index is 1.04. The van der Waals surface area contributed by atoms with E-state index in [4.69, 9.17) is 9.47 Å². The lowest BCUT2D eigenvalue weighted by molar-refractivity contribution is -0.138. The van der Waals surface area contributed by atoms with Crippen molar-refractivity contribution in [3.8, 4) is 16.9 Å². The highest BCUT2D eigenvalue weighted by molar-refractivity contribution is 5.79. The lowest BCUT2D eigenvalue weighted by atomic mass is 9.52. The van der Waals surface area contributed by atoms with Gasteiger partial charge < -0.3 is 14.4 Å². The molecule has 0 heterocycles. The smallest absolute Gasteiger partial charge is 0.416 e. The Morgan fingerprint density at radius 3 is 2.11 bits per heavy atom. The Morgan fingerprint density at radius 2 is 1.50 bits per heavy atom. The van der Waals surface area contributed by atoms with Crippen LogP contribution in [0.5, 0.6) is 5.75 Å². The zero-order valence-corrected chi connectivity index (χ0v) is 19.8. The molecule has 1 amide bonds. The Bertz CT molecular complexity index is 1260. The molecule has 0 saturated heterocycles. The molecule has 0 aliphatic heterocycles. The van der Waals surface area contributed by atoms with Gasteiger partial charge in [-0.3, -0.25) is 0 Å². The van der Waals surface area contributed by atoms with Crippen LogP contribution < -0.4 is 4.74 Å². The third-order valence-electron chi connectivity index (χ3n) is 7.95. The molecular formula is C29H26F3NO3. The summed E-state index contributed by atoms with van der Waals surface area (Å²) >= 11 is 0. The van der Waals surface area contributed by atoms with Crippen molar-refractivity contribution in [2.75, 3.05) is 7.05 Å². The molecule has 0 atom stereocenters. The Hall–Kier alpha value is -3.48. The lowest BCUT2D eigenvalue weighted by Gasteiger charge is -2.58. The zero-order chi connectivity index (χ0) is 25.1. The maximum absolute atomic E-state index is 13.1. The molecule has 36 heavy (non-hydrogen) atoms. The third kappa shape index (κ3) is 3.91. The first-order valence-corrected chi connectivity index (χ1v) is 12.2. The maximum atomic E-state index is 13.1. The average Bonchev–Trinajstić information content (AvgIpc) is 3.13. The van der Waals surface area contributed by atoms with Crippen LogP contribution in [-0.2, 0) is 10.9 Å². The van der Waals surface area contributed by atoms with Gasteiger partial charge in [-0.2, -0.15) is 13.2 Å². The van der Waals surface area contributed by atoms with Crippen molar-refractivity contribution in [2.24, 2.45) is 5.41 Å². The first-order valence-electron chi connectivity index (χ1n) is 12.2. The molecule has 0 bridgehead atoms. The maximum Gasteiger partial charge on any atom is 0.416 e. The fourth-order valence-corrected chi connectivity index (χ4v) is 6.04. The van der Waals surface area contributed by atoms with E-state index in [-0.39, 0.29) is 29.4 Å². The normalized spacial score (nSPS) is 24.3. The van der Waals surface area contributed by atoms with Crippen LogP contribution >= 0.6 is 0 Å². The van der Waals surface area contributed by atoms with Gasteiger partial charge in [-0.1, -0.05) is 54.6 Å². The number of amides is 1. The average molecular weight is 494 g/mol. The molecule has 186 valence electrons. The van der Waals surface area contributed by atoms with Gasteiger partial charge in [0, 0.05) is 24.2 Å². The van der Waals surface area contributed by atoms with Gasteiger partial charge in [-0.25, -0.2) is 4.79 Å². The van der Waals surface area contributed by atoms with Crippen molar-refractivity contribution >= 4 is 6.09 Å². The molecule has 0 N–H and O–H groups in total. The van der Waals surface area contributed by atoms with Crippen LogP contribution in [0.1, 0.15) is 48.5 Å². The van der Waals surface area contributed by atoms with Crippen molar-refractivity contribution < 1.29 is 27.4 Å². The summed E-state index contributed by atoms with van der Waals surface area (Å²) in [4.78, 5) is 14.8. The van der Waals surface area contributed by atoms with E-state index in [0.717, 1.165) is 60.1 Å². The fourth-order valence-electron chi connectivity index (χ4n) is 6.04. The Morgan fingerprint density at radius 1 is 0.889 bits per heavy atom. The third-order valence-corrected chi connectivity index (χ3v) is 7.95. The number of benzene rings is 3. The van der Waals surface area contributed by atoms with E-state index in [2.05, 4.69) is 12.1 Å². The lowest BCUT2D eigenvalue weighted by Crippen LogP contribution is -2.59. The van der Waals surface area contributed by atoms with Gasteiger partial charge in [-0.15, -0.1) is 0 Å². The molecule has 0 radical (unpaired) electrons. The standard InChI is InChI=1S/C29H26F3NO3/c1-33(27(34)36-26-24-11-4-2-9-22(24)23-10-3-5-12-25(23)26)19-14-28(15-19)16-21(17-28)35-20-8-6-7-18(13-20)29(30,31)32/h2-13,19,21,26H,14-17H2,1H3. The van der Waals surface area contributed by atoms with E-state index in [0.29, 0.717) is 0 Å². The number of alkyl halides is 3. The predicted octanol–water partition coefficient (Wildman–Crippen LogP) is 7.23. The van der Waals surface area contributed by atoms with Crippen molar-refractivity contribution in [3.63, 3.8) is 0 Å². The minimum atomic E-state index is -4.39. The van der Waals surface area contributed by atoms with E-state index in [1.165, 1.54) is 6.07 Å². The molecule has 3 aromatic rings. The van der Waals surface area contributed by atoms with Crippen LogP contribution in [0.25, 0.3) is 11.1 Å². The van der Waals surface area contributed by atoms with Gasteiger partial charge in [0.05, 0.1) is 11.7 Å². The van der Waals surface area contributed by atoms with Gasteiger partial charge in [0.15, 0.2) is 6.10 Å². The molecule has 0 aromatic heterocycles. The van der Waals surface area contributed by atoms with Gasteiger partial charge in [0.2, 0.25) is 0 Å². The van der Waals surface area contributed by atoms with Gasteiger partial charge in [0.25, 0.3) is 0 Å². The summed E-state index contributed by atoms with van der Waals surface area (Å²) in [5.41, 5.74) is 3.58. The van der Waals surface area contributed by atoms with E-state index >= 15 is 0 Å². The first kappa shape index (κ1) is 23.0. The summed E-state index contributed by atoms with van der Waals surface area (Å²) in [7, 11) is 1.78. The van der Waals surface area contributed by atoms with Gasteiger partial charge in [-0.05, 0) is 60.4 Å². The number of carbonyl (C=O) groups excluding carboxylic acids is 1. The van der Waals surface area contributed by atoms with Crippen LogP contribution in [0.4, 0.5) is 18.0 Å². The van der Waals surface area contributed by atoms with Gasteiger partial charge in [0.1, 0.15) is 5.75 Å². The highest BCUT2D eigenvalue weighted by Gasteiger charge is 2.55. The molecule has 0 unspecified atom stereocenters. The first-order chi connectivity index (χ1) is 17.2. The quantitative estimate of drug-likeness (QED) is 0.385. The zero-order valence-electron chi connectivity index (χ0n) is 19.8. The molecular weight excluding hydrogens is 467 g/mol. The Kier molecular flexibility index (Phi) is 5.28. The molecule has 2 saturated carbocycles. The van der Waals surface area contributed by atoms with E-state index in [1.54, 1.807) is 18.0 Å². The van der Waals surface area contributed by atoms with Crippen LogP contribution in [0.15, 0.2) is 72.8 Å². The molecule has 2 fully saturated rings. The van der Waals surface area contributed by atoms with Gasteiger partial charge >= 0.3 is 12.3 Å². The van der Waals surface area contributed by atoms with E-state index < -0.39 is 17.8 Å². The number of carbonyl (C=O) groups is 1. The van der Waals surface area contributed by atoms with Crippen LogP contribution in [0, 0.1) is 5.41 Å².